The van der Waals surface area contributed by atoms with Crippen LogP contribution in [0.5, 0.6) is 5.75 Å². The third-order valence-corrected chi connectivity index (χ3v) is 3.54. The van der Waals surface area contributed by atoms with Crippen molar-refractivity contribution in [1.82, 2.24) is 4.90 Å². The van der Waals surface area contributed by atoms with Crippen LogP contribution in [-0.2, 0) is 0 Å². The molecule has 2 nitrogen and oxygen atoms in total. The topological polar surface area (TPSA) is 12.5 Å². The van der Waals surface area contributed by atoms with E-state index in [9.17, 15) is 0 Å². The van der Waals surface area contributed by atoms with Crippen LogP contribution < -0.4 is 4.74 Å². The van der Waals surface area contributed by atoms with E-state index in [1.54, 1.807) is 0 Å². The van der Waals surface area contributed by atoms with Gasteiger partial charge in [-0.2, -0.15) is 0 Å². The molecule has 1 saturated heterocycles. The summed E-state index contributed by atoms with van der Waals surface area (Å²) < 4.78 is 6.72. The van der Waals surface area contributed by atoms with E-state index < -0.39 is 0 Å². The van der Waals surface area contributed by atoms with Gasteiger partial charge >= 0.3 is 0 Å². The monoisotopic (exact) mass is 303 g/mol. The highest BCUT2D eigenvalue weighted by atomic mass is 79.9. The van der Waals surface area contributed by atoms with Crippen LogP contribution in [-0.4, -0.2) is 36.5 Å². The van der Waals surface area contributed by atoms with Gasteiger partial charge < -0.3 is 4.74 Å². The lowest BCUT2D eigenvalue weighted by Crippen LogP contribution is -2.26. The van der Waals surface area contributed by atoms with Gasteiger partial charge in [-0.05, 0) is 31.2 Å². The van der Waals surface area contributed by atoms with E-state index in [2.05, 4.69) is 20.8 Å². The van der Waals surface area contributed by atoms with Crippen molar-refractivity contribution in [3.63, 3.8) is 0 Å². The van der Waals surface area contributed by atoms with Crippen LogP contribution in [0.15, 0.2) is 28.7 Å². The Morgan fingerprint density at radius 1 is 1.50 bits per heavy atom. The Morgan fingerprint density at radius 3 is 3.06 bits per heavy atom. The Balaban J connectivity index is 1.72. The average Bonchev–Trinajstić information content (AvgIpc) is 2.64. The zero-order valence-electron chi connectivity index (χ0n) is 9.03. The first kappa shape index (κ1) is 12.2. The van der Waals surface area contributed by atoms with Crippen LogP contribution in [0.25, 0.3) is 0 Å². The van der Waals surface area contributed by atoms with Crippen LogP contribution in [0.2, 0.25) is 0 Å². The molecule has 0 bridgehead atoms. The smallest absolute Gasteiger partial charge is 0.120 e. The molecule has 0 radical (unpaired) electrons. The highest BCUT2D eigenvalue weighted by Gasteiger charge is 2.19. The number of hydrogen-bond donors (Lipinski definition) is 0. The Kier molecular flexibility index (Phi) is 4.50. The number of ether oxygens (including phenoxy) is 1. The van der Waals surface area contributed by atoms with Gasteiger partial charge in [0.15, 0.2) is 0 Å². The van der Waals surface area contributed by atoms with Crippen molar-refractivity contribution in [2.45, 2.75) is 11.8 Å². The number of halogens is 2. The lowest BCUT2D eigenvalue weighted by atomic mass is 10.3. The van der Waals surface area contributed by atoms with Crippen molar-refractivity contribution in [1.29, 1.82) is 0 Å². The molecule has 0 saturated carbocycles. The molecule has 0 spiro atoms. The number of hydrogen-bond acceptors (Lipinski definition) is 2. The average molecular weight is 305 g/mol. The molecule has 1 heterocycles. The van der Waals surface area contributed by atoms with E-state index in [0.29, 0.717) is 5.38 Å². The second kappa shape index (κ2) is 5.89. The van der Waals surface area contributed by atoms with Crippen LogP contribution in [0.4, 0.5) is 0 Å². The molecular weight excluding hydrogens is 289 g/mol. The third kappa shape index (κ3) is 3.65. The first-order chi connectivity index (χ1) is 7.74. The van der Waals surface area contributed by atoms with E-state index in [-0.39, 0.29) is 0 Å². The summed E-state index contributed by atoms with van der Waals surface area (Å²) in [5, 5.41) is 0.325. The second-order valence-corrected chi connectivity index (χ2v) is 5.53. The molecule has 1 aliphatic heterocycles. The molecule has 16 heavy (non-hydrogen) atoms. The van der Waals surface area contributed by atoms with Crippen molar-refractivity contribution in [2.75, 3.05) is 26.2 Å². The predicted molar refractivity (Wildman–Crippen MR) is 70.3 cm³/mol. The van der Waals surface area contributed by atoms with E-state index in [4.69, 9.17) is 16.3 Å². The fourth-order valence-electron chi connectivity index (χ4n) is 1.84. The minimum absolute atomic E-state index is 0.325. The summed E-state index contributed by atoms with van der Waals surface area (Å²) in [5.41, 5.74) is 0. The van der Waals surface area contributed by atoms with Gasteiger partial charge in [0.25, 0.3) is 0 Å². The molecule has 4 heteroatoms. The maximum absolute atomic E-state index is 6.03. The van der Waals surface area contributed by atoms with Crippen molar-refractivity contribution in [3.8, 4) is 5.75 Å². The quantitative estimate of drug-likeness (QED) is 0.792. The molecule has 1 fully saturated rings. The van der Waals surface area contributed by atoms with Crippen LogP contribution in [0.3, 0.4) is 0 Å². The van der Waals surface area contributed by atoms with Gasteiger partial charge in [-0.1, -0.05) is 22.0 Å². The summed E-state index contributed by atoms with van der Waals surface area (Å²) in [6.07, 6.45) is 1.10. The van der Waals surface area contributed by atoms with Gasteiger partial charge in [-0.3, -0.25) is 4.90 Å². The van der Waals surface area contributed by atoms with Gasteiger partial charge in [0.1, 0.15) is 12.4 Å². The van der Waals surface area contributed by atoms with E-state index in [1.807, 2.05) is 24.3 Å². The molecule has 1 atom stereocenters. The second-order valence-electron chi connectivity index (χ2n) is 3.99. The summed E-state index contributed by atoms with van der Waals surface area (Å²) in [5.74, 6) is 0.913. The molecule has 0 N–H and O–H groups in total. The first-order valence-corrected chi connectivity index (χ1v) is 6.72. The first-order valence-electron chi connectivity index (χ1n) is 5.49. The minimum atomic E-state index is 0.325. The van der Waals surface area contributed by atoms with Crippen LogP contribution >= 0.6 is 27.5 Å². The lowest BCUT2D eigenvalue weighted by Gasteiger charge is -2.15. The fraction of sp³-hybridized carbons (Fsp3) is 0.500. The SMILES string of the molecule is ClC1CCN(CCOc2cccc(Br)c2)C1. The number of benzene rings is 1. The highest BCUT2D eigenvalue weighted by Crippen LogP contribution is 2.18. The van der Waals surface area contributed by atoms with Gasteiger partial charge in [-0.15, -0.1) is 11.6 Å². The Bertz CT molecular complexity index is 348. The number of rotatable bonds is 4. The molecular formula is C12H15BrClNO. The van der Waals surface area contributed by atoms with Crippen LogP contribution in [0.1, 0.15) is 6.42 Å². The zero-order chi connectivity index (χ0) is 11.4. The molecule has 0 aromatic heterocycles. The number of alkyl halides is 1. The van der Waals surface area contributed by atoms with Gasteiger partial charge in [0.2, 0.25) is 0 Å². The number of likely N-dealkylation sites (tertiary alicyclic amines) is 1. The van der Waals surface area contributed by atoms with Crippen molar-refractivity contribution in [3.05, 3.63) is 28.7 Å². The van der Waals surface area contributed by atoms with E-state index in [0.717, 1.165) is 42.9 Å². The molecule has 1 aromatic rings. The zero-order valence-corrected chi connectivity index (χ0v) is 11.4. The van der Waals surface area contributed by atoms with Gasteiger partial charge in [0.05, 0.1) is 0 Å². The molecule has 1 aliphatic rings. The third-order valence-electron chi connectivity index (χ3n) is 2.69. The van der Waals surface area contributed by atoms with Crippen LogP contribution in [0, 0.1) is 0 Å². The molecule has 1 aromatic carbocycles. The Labute approximate surface area is 110 Å². The summed E-state index contributed by atoms with van der Waals surface area (Å²) in [7, 11) is 0. The summed E-state index contributed by atoms with van der Waals surface area (Å²) in [4.78, 5) is 2.34. The molecule has 0 amide bonds. The standard InChI is InChI=1S/C12H15BrClNO/c13-10-2-1-3-12(8-10)16-7-6-15-5-4-11(14)9-15/h1-3,8,11H,4-7,9H2. The van der Waals surface area contributed by atoms with E-state index in [1.165, 1.54) is 0 Å². The Hall–Kier alpha value is -0.250. The molecule has 1 unspecified atom stereocenters. The largest absolute Gasteiger partial charge is 0.492 e. The summed E-state index contributed by atoms with van der Waals surface area (Å²) in [6.45, 7) is 3.76. The Morgan fingerprint density at radius 2 is 2.38 bits per heavy atom. The van der Waals surface area contributed by atoms with E-state index >= 15 is 0 Å². The maximum Gasteiger partial charge on any atom is 0.120 e. The minimum Gasteiger partial charge on any atom is -0.492 e. The van der Waals surface area contributed by atoms with Crippen molar-refractivity contribution < 1.29 is 4.74 Å². The number of nitrogens with zero attached hydrogens (tertiary/aromatic N) is 1. The fourth-order valence-corrected chi connectivity index (χ4v) is 2.51. The molecule has 88 valence electrons. The summed E-state index contributed by atoms with van der Waals surface area (Å²) >= 11 is 9.46. The van der Waals surface area contributed by atoms with Gasteiger partial charge in [-0.25, -0.2) is 0 Å². The predicted octanol–water partition coefficient (Wildman–Crippen LogP) is 3.14. The molecule has 0 aliphatic carbocycles. The summed E-state index contributed by atoms with van der Waals surface area (Å²) in [6, 6.07) is 7.92. The molecule has 2 rings (SSSR count). The van der Waals surface area contributed by atoms with Crippen molar-refractivity contribution in [2.24, 2.45) is 0 Å². The maximum atomic E-state index is 6.03. The normalized spacial score (nSPS) is 21.2. The highest BCUT2D eigenvalue weighted by molar-refractivity contribution is 9.10. The van der Waals surface area contributed by atoms with Crippen molar-refractivity contribution >= 4 is 27.5 Å². The lowest BCUT2D eigenvalue weighted by molar-refractivity contribution is 0.238. The van der Waals surface area contributed by atoms with Gasteiger partial charge in [0, 0.05) is 22.9 Å².